The third kappa shape index (κ3) is 3.89. The largest absolute Gasteiger partial charge is 0.489 e. The van der Waals surface area contributed by atoms with E-state index in [-0.39, 0.29) is 18.1 Å². The lowest BCUT2D eigenvalue weighted by Gasteiger charge is -2.10. The van der Waals surface area contributed by atoms with Crippen LogP contribution in [0.4, 0.5) is 4.39 Å². The van der Waals surface area contributed by atoms with Crippen molar-refractivity contribution < 1.29 is 18.7 Å². The molecule has 0 spiro atoms. The van der Waals surface area contributed by atoms with Crippen molar-refractivity contribution >= 4 is 34.4 Å². The number of aryl methyl sites for hydroxylation is 2. The van der Waals surface area contributed by atoms with Gasteiger partial charge in [-0.1, -0.05) is 35.9 Å². The molecule has 2 heterocycles. The molecule has 166 valence electrons. The summed E-state index contributed by atoms with van der Waals surface area (Å²) in [5.74, 6) is 0.745. The van der Waals surface area contributed by atoms with Crippen molar-refractivity contribution in [3.63, 3.8) is 0 Å². The number of fused-ring (bicyclic) bond motifs is 2. The molecule has 1 aromatic heterocycles. The lowest BCUT2D eigenvalue weighted by Crippen LogP contribution is -2.00. The second-order valence-corrected chi connectivity index (χ2v) is 8.37. The summed E-state index contributed by atoms with van der Waals surface area (Å²) in [5.41, 5.74) is 4.01. The van der Waals surface area contributed by atoms with E-state index >= 15 is 0 Å². The standard InChI is InChI=1S/C27H21ClFNO3/c1-3-30-14-18(21-6-4-5-7-23(21)30)11-25-27(31)26-16(2)10-20(13-24(26)33-25)32-15-17-8-9-19(29)12-22(17)28/h4-14H,3,15H2,1-2H3/b25-11-. The normalized spacial score (nSPS) is 14.1. The second-order valence-electron chi connectivity index (χ2n) is 7.97. The molecular weight excluding hydrogens is 441 g/mol. The Morgan fingerprint density at radius 2 is 1.97 bits per heavy atom. The summed E-state index contributed by atoms with van der Waals surface area (Å²) in [5, 5.41) is 1.37. The van der Waals surface area contributed by atoms with Gasteiger partial charge in [0, 0.05) is 40.8 Å². The van der Waals surface area contributed by atoms with Gasteiger partial charge < -0.3 is 14.0 Å². The van der Waals surface area contributed by atoms with Crippen LogP contribution >= 0.6 is 11.6 Å². The SMILES string of the molecule is CCn1cc(/C=C2\Oc3cc(OCc4ccc(F)cc4Cl)cc(C)c3C2=O)c2ccccc21. The van der Waals surface area contributed by atoms with Crippen molar-refractivity contribution in [1.29, 1.82) is 0 Å². The van der Waals surface area contributed by atoms with E-state index < -0.39 is 5.82 Å². The molecule has 1 aliphatic rings. The highest BCUT2D eigenvalue weighted by Crippen LogP contribution is 2.38. The molecule has 0 fully saturated rings. The van der Waals surface area contributed by atoms with E-state index in [4.69, 9.17) is 21.1 Å². The number of carbonyl (C=O) groups is 1. The van der Waals surface area contributed by atoms with Gasteiger partial charge in [-0.2, -0.15) is 0 Å². The van der Waals surface area contributed by atoms with E-state index in [1.165, 1.54) is 12.1 Å². The maximum atomic E-state index is 13.3. The highest BCUT2D eigenvalue weighted by molar-refractivity contribution is 6.31. The van der Waals surface area contributed by atoms with Gasteiger partial charge in [-0.25, -0.2) is 4.39 Å². The molecule has 0 amide bonds. The van der Waals surface area contributed by atoms with Gasteiger partial charge in [0.05, 0.1) is 10.6 Å². The van der Waals surface area contributed by atoms with Crippen LogP contribution in [-0.2, 0) is 13.2 Å². The van der Waals surface area contributed by atoms with Gasteiger partial charge in [0.25, 0.3) is 0 Å². The number of allylic oxidation sites excluding steroid dienone is 1. The molecule has 5 rings (SSSR count). The number of aromatic nitrogens is 1. The van der Waals surface area contributed by atoms with Crippen molar-refractivity contribution in [1.82, 2.24) is 4.57 Å². The quantitative estimate of drug-likeness (QED) is 0.302. The Bertz CT molecular complexity index is 1440. The zero-order chi connectivity index (χ0) is 23.1. The fourth-order valence-corrected chi connectivity index (χ4v) is 4.38. The summed E-state index contributed by atoms with van der Waals surface area (Å²) in [4.78, 5) is 13.1. The third-order valence-corrected chi connectivity index (χ3v) is 6.15. The zero-order valence-corrected chi connectivity index (χ0v) is 18.9. The van der Waals surface area contributed by atoms with Crippen LogP contribution in [0.25, 0.3) is 17.0 Å². The maximum absolute atomic E-state index is 13.3. The molecule has 1 aliphatic heterocycles. The average molecular weight is 462 g/mol. The highest BCUT2D eigenvalue weighted by atomic mass is 35.5. The number of nitrogens with zero attached hydrogens (tertiary/aromatic N) is 1. The minimum atomic E-state index is -0.398. The Hall–Kier alpha value is -3.57. The summed E-state index contributed by atoms with van der Waals surface area (Å²) in [6.45, 7) is 4.94. The summed E-state index contributed by atoms with van der Waals surface area (Å²) in [7, 11) is 0. The van der Waals surface area contributed by atoms with Gasteiger partial charge in [-0.3, -0.25) is 4.79 Å². The number of hydrogen-bond donors (Lipinski definition) is 0. The van der Waals surface area contributed by atoms with Gasteiger partial charge in [0.1, 0.15) is 23.9 Å². The predicted molar refractivity (Wildman–Crippen MR) is 127 cm³/mol. The Morgan fingerprint density at radius 3 is 2.76 bits per heavy atom. The summed E-state index contributed by atoms with van der Waals surface area (Å²) in [6.07, 6.45) is 3.83. The number of rotatable bonds is 5. The summed E-state index contributed by atoms with van der Waals surface area (Å²) < 4.78 is 27.3. The zero-order valence-electron chi connectivity index (χ0n) is 18.2. The Morgan fingerprint density at radius 1 is 1.15 bits per heavy atom. The minimum absolute atomic E-state index is 0.149. The van der Waals surface area contributed by atoms with Crippen LogP contribution in [0.2, 0.25) is 5.02 Å². The van der Waals surface area contributed by atoms with E-state index in [0.717, 1.165) is 28.6 Å². The smallest absolute Gasteiger partial charge is 0.232 e. The first-order valence-corrected chi connectivity index (χ1v) is 11.1. The molecule has 3 aromatic carbocycles. The number of ether oxygens (including phenoxy) is 2. The Kier molecular flexibility index (Phi) is 5.43. The maximum Gasteiger partial charge on any atom is 0.232 e. The topological polar surface area (TPSA) is 40.5 Å². The molecule has 0 radical (unpaired) electrons. The third-order valence-electron chi connectivity index (χ3n) is 5.80. The number of halogens is 2. The van der Waals surface area contributed by atoms with Crippen molar-refractivity contribution in [3.8, 4) is 11.5 Å². The highest BCUT2D eigenvalue weighted by Gasteiger charge is 2.30. The summed E-state index contributed by atoms with van der Waals surface area (Å²) >= 11 is 6.09. The fourth-order valence-electron chi connectivity index (χ4n) is 4.15. The second kappa shape index (κ2) is 8.41. The number of hydrogen-bond acceptors (Lipinski definition) is 3. The number of carbonyl (C=O) groups excluding carboxylic acids is 1. The molecule has 0 saturated heterocycles. The Labute approximate surface area is 195 Å². The molecule has 0 aliphatic carbocycles. The summed E-state index contributed by atoms with van der Waals surface area (Å²) in [6, 6.07) is 15.8. The van der Waals surface area contributed by atoms with Gasteiger partial charge >= 0.3 is 0 Å². The number of Topliss-reactive ketones (excluding diaryl/α,β-unsaturated/α-hetero) is 1. The first-order chi connectivity index (χ1) is 15.9. The van der Waals surface area contributed by atoms with E-state index in [9.17, 15) is 9.18 Å². The van der Waals surface area contributed by atoms with Gasteiger partial charge in [0.2, 0.25) is 5.78 Å². The molecule has 4 aromatic rings. The first kappa shape index (κ1) is 21.3. The number of para-hydroxylation sites is 1. The molecule has 33 heavy (non-hydrogen) atoms. The number of benzene rings is 3. The molecule has 0 bridgehead atoms. The van der Waals surface area contributed by atoms with E-state index in [2.05, 4.69) is 17.6 Å². The monoisotopic (exact) mass is 461 g/mol. The predicted octanol–water partition coefficient (Wildman–Crippen LogP) is 6.96. The average Bonchev–Trinajstić information content (AvgIpc) is 3.31. The number of ketones is 1. The Balaban J connectivity index is 1.43. The van der Waals surface area contributed by atoms with Gasteiger partial charge in [-0.15, -0.1) is 0 Å². The van der Waals surface area contributed by atoms with Crippen molar-refractivity contribution in [2.24, 2.45) is 0 Å². The molecule has 6 heteroatoms. The van der Waals surface area contributed by atoms with Gasteiger partial charge in [0.15, 0.2) is 5.76 Å². The van der Waals surface area contributed by atoms with E-state index in [1.807, 2.05) is 31.3 Å². The van der Waals surface area contributed by atoms with Crippen LogP contribution in [0.1, 0.15) is 34.0 Å². The van der Waals surface area contributed by atoms with Crippen LogP contribution in [0.3, 0.4) is 0 Å². The van der Waals surface area contributed by atoms with Crippen molar-refractivity contribution in [2.75, 3.05) is 0 Å². The van der Waals surface area contributed by atoms with Crippen LogP contribution in [0, 0.1) is 12.7 Å². The van der Waals surface area contributed by atoms with E-state index in [0.29, 0.717) is 27.6 Å². The van der Waals surface area contributed by atoms with E-state index in [1.54, 1.807) is 24.3 Å². The fraction of sp³-hybridized carbons (Fsp3) is 0.148. The van der Waals surface area contributed by atoms with Crippen LogP contribution in [0.15, 0.2) is 66.6 Å². The molecule has 0 atom stereocenters. The van der Waals surface area contributed by atoms with Gasteiger partial charge in [-0.05, 0) is 49.8 Å². The van der Waals surface area contributed by atoms with Crippen molar-refractivity contribution in [2.45, 2.75) is 27.0 Å². The lowest BCUT2D eigenvalue weighted by atomic mass is 10.0. The molecule has 0 N–H and O–H groups in total. The lowest BCUT2D eigenvalue weighted by molar-refractivity contribution is 0.101. The molecule has 0 saturated carbocycles. The molecule has 0 unspecified atom stereocenters. The first-order valence-electron chi connectivity index (χ1n) is 10.7. The molecular formula is C27H21ClFNO3. The van der Waals surface area contributed by atoms with Crippen LogP contribution < -0.4 is 9.47 Å². The van der Waals surface area contributed by atoms with Crippen LogP contribution in [-0.4, -0.2) is 10.4 Å². The molecule has 4 nitrogen and oxygen atoms in total. The van der Waals surface area contributed by atoms with Crippen LogP contribution in [0.5, 0.6) is 11.5 Å². The minimum Gasteiger partial charge on any atom is -0.489 e. The van der Waals surface area contributed by atoms with Crippen molar-refractivity contribution in [3.05, 3.63) is 99.6 Å².